The Balaban J connectivity index is 2.09. The van der Waals surface area contributed by atoms with Gasteiger partial charge in [0.05, 0.1) is 6.61 Å². The molecule has 0 saturated heterocycles. The van der Waals surface area contributed by atoms with Gasteiger partial charge in [0.2, 0.25) is 0 Å². The average Bonchev–Trinajstić information content (AvgIpc) is 2.53. The van der Waals surface area contributed by atoms with Gasteiger partial charge in [-0.15, -0.1) is 0 Å². The number of rotatable bonds is 5. The molecule has 0 N–H and O–H groups in total. The minimum atomic E-state index is -0.332. The van der Waals surface area contributed by atoms with Gasteiger partial charge >= 0.3 is 6.09 Å². The van der Waals surface area contributed by atoms with Crippen molar-refractivity contribution in [2.75, 3.05) is 18.1 Å². The lowest BCUT2D eigenvalue weighted by Gasteiger charge is -2.20. The van der Waals surface area contributed by atoms with E-state index in [0.717, 1.165) is 11.3 Å². The summed E-state index contributed by atoms with van der Waals surface area (Å²) in [6, 6.07) is 19.5. The van der Waals surface area contributed by atoms with Crippen LogP contribution in [0.5, 0.6) is 0 Å². The highest BCUT2D eigenvalue weighted by Gasteiger charge is 2.14. The average molecular weight is 281 g/mol. The van der Waals surface area contributed by atoms with E-state index in [1.54, 1.807) is 11.8 Å². The van der Waals surface area contributed by atoms with Gasteiger partial charge < -0.3 is 4.74 Å². The summed E-state index contributed by atoms with van der Waals surface area (Å²) >= 11 is 0. The molecule has 0 fully saturated rings. The molecule has 0 radical (unpaired) electrons. The van der Waals surface area contributed by atoms with Crippen molar-refractivity contribution in [1.82, 2.24) is 0 Å². The maximum absolute atomic E-state index is 12.1. The molecule has 2 rings (SSSR count). The van der Waals surface area contributed by atoms with Gasteiger partial charge in [0.15, 0.2) is 0 Å². The second-order valence-corrected chi connectivity index (χ2v) is 4.46. The number of benzene rings is 2. The molecule has 3 heteroatoms. The lowest BCUT2D eigenvalue weighted by molar-refractivity contribution is 0.160. The van der Waals surface area contributed by atoms with Gasteiger partial charge in [0.1, 0.15) is 0 Å². The number of ether oxygens (including phenoxy) is 1. The van der Waals surface area contributed by atoms with E-state index in [0.29, 0.717) is 13.2 Å². The highest BCUT2D eigenvalue weighted by molar-refractivity contribution is 5.88. The molecular formula is C18H19NO2. The van der Waals surface area contributed by atoms with E-state index in [-0.39, 0.29) is 6.09 Å². The zero-order chi connectivity index (χ0) is 14.9. The van der Waals surface area contributed by atoms with Crippen LogP contribution in [0.25, 0.3) is 6.08 Å². The monoisotopic (exact) mass is 281 g/mol. The Labute approximate surface area is 125 Å². The van der Waals surface area contributed by atoms with E-state index in [1.807, 2.05) is 72.8 Å². The first-order valence-electron chi connectivity index (χ1n) is 7.02. The molecule has 0 spiro atoms. The fourth-order valence-corrected chi connectivity index (χ4v) is 1.95. The van der Waals surface area contributed by atoms with Gasteiger partial charge in [-0.25, -0.2) is 4.79 Å². The molecule has 0 atom stereocenters. The molecule has 0 aliphatic rings. The Kier molecular flexibility index (Phi) is 5.59. The van der Waals surface area contributed by atoms with Gasteiger partial charge in [-0.3, -0.25) is 4.90 Å². The zero-order valence-corrected chi connectivity index (χ0v) is 12.1. The molecule has 0 aliphatic heterocycles. The molecule has 1 amide bonds. The fraction of sp³-hybridized carbons (Fsp3) is 0.167. The van der Waals surface area contributed by atoms with Crippen LogP contribution in [0.2, 0.25) is 0 Å². The molecule has 108 valence electrons. The molecule has 0 bridgehead atoms. The molecule has 0 unspecified atom stereocenters. The van der Waals surface area contributed by atoms with Gasteiger partial charge in [0, 0.05) is 12.2 Å². The summed E-state index contributed by atoms with van der Waals surface area (Å²) in [5.74, 6) is 0. The van der Waals surface area contributed by atoms with Crippen molar-refractivity contribution in [3.8, 4) is 0 Å². The fourth-order valence-electron chi connectivity index (χ4n) is 1.95. The summed E-state index contributed by atoms with van der Waals surface area (Å²) in [5, 5.41) is 0. The van der Waals surface area contributed by atoms with Crippen molar-refractivity contribution in [3.63, 3.8) is 0 Å². The summed E-state index contributed by atoms with van der Waals surface area (Å²) in [4.78, 5) is 13.7. The van der Waals surface area contributed by atoms with E-state index < -0.39 is 0 Å². The van der Waals surface area contributed by atoms with Crippen molar-refractivity contribution >= 4 is 17.9 Å². The maximum Gasteiger partial charge on any atom is 0.414 e. The topological polar surface area (TPSA) is 29.5 Å². The first-order chi connectivity index (χ1) is 10.3. The largest absolute Gasteiger partial charge is 0.449 e. The molecule has 0 heterocycles. The number of hydrogen-bond donors (Lipinski definition) is 0. The van der Waals surface area contributed by atoms with E-state index in [2.05, 4.69) is 0 Å². The second kappa shape index (κ2) is 7.90. The van der Waals surface area contributed by atoms with E-state index in [9.17, 15) is 4.79 Å². The number of hydrogen-bond acceptors (Lipinski definition) is 2. The number of carbonyl (C=O) groups excluding carboxylic acids is 1. The van der Waals surface area contributed by atoms with Crippen molar-refractivity contribution in [1.29, 1.82) is 0 Å². The molecular weight excluding hydrogens is 262 g/mol. The SMILES string of the molecule is CCOC(=O)N(CC=Cc1ccccc1)c1ccccc1. The van der Waals surface area contributed by atoms with E-state index in [4.69, 9.17) is 4.74 Å². The molecule has 3 nitrogen and oxygen atoms in total. The lowest BCUT2D eigenvalue weighted by Crippen LogP contribution is -2.31. The second-order valence-electron chi connectivity index (χ2n) is 4.46. The number of amides is 1. The first kappa shape index (κ1) is 14.9. The summed E-state index contributed by atoms with van der Waals surface area (Å²) in [6.45, 7) is 2.64. The molecule has 2 aromatic rings. The Hall–Kier alpha value is -2.55. The number of nitrogens with zero attached hydrogens (tertiary/aromatic N) is 1. The van der Waals surface area contributed by atoms with Crippen molar-refractivity contribution in [3.05, 3.63) is 72.3 Å². The Bertz CT molecular complexity index is 579. The minimum absolute atomic E-state index is 0.332. The van der Waals surface area contributed by atoms with E-state index >= 15 is 0 Å². The number of para-hydroxylation sites is 1. The first-order valence-corrected chi connectivity index (χ1v) is 7.02. The Morgan fingerprint density at radius 3 is 2.29 bits per heavy atom. The predicted molar refractivity (Wildman–Crippen MR) is 86.3 cm³/mol. The summed E-state index contributed by atoms with van der Waals surface area (Å²) in [6.07, 6.45) is 3.62. The van der Waals surface area contributed by atoms with Crippen LogP contribution in [-0.4, -0.2) is 19.2 Å². The number of carbonyl (C=O) groups is 1. The van der Waals surface area contributed by atoms with Crippen molar-refractivity contribution in [2.24, 2.45) is 0 Å². The third kappa shape index (κ3) is 4.49. The van der Waals surface area contributed by atoms with E-state index in [1.165, 1.54) is 0 Å². The zero-order valence-electron chi connectivity index (χ0n) is 12.1. The molecule has 2 aromatic carbocycles. The normalized spacial score (nSPS) is 10.5. The number of anilines is 1. The molecule has 0 saturated carbocycles. The van der Waals surface area contributed by atoms with Gasteiger partial charge in [-0.2, -0.15) is 0 Å². The summed E-state index contributed by atoms with van der Waals surface area (Å²) in [5.41, 5.74) is 1.93. The Morgan fingerprint density at radius 1 is 1.05 bits per heavy atom. The quantitative estimate of drug-likeness (QED) is 0.814. The van der Waals surface area contributed by atoms with Crippen LogP contribution in [-0.2, 0) is 4.74 Å². The van der Waals surface area contributed by atoms with Crippen LogP contribution in [0.1, 0.15) is 12.5 Å². The van der Waals surface area contributed by atoms with Crippen LogP contribution in [0, 0.1) is 0 Å². The lowest BCUT2D eigenvalue weighted by atomic mass is 10.2. The van der Waals surface area contributed by atoms with Crippen LogP contribution >= 0.6 is 0 Å². The Morgan fingerprint density at radius 2 is 1.67 bits per heavy atom. The standard InChI is InChI=1S/C18H19NO2/c1-2-21-18(20)19(17-13-7-4-8-14-17)15-9-12-16-10-5-3-6-11-16/h3-14H,2,15H2,1H3. The van der Waals surface area contributed by atoms with Crippen LogP contribution in [0.15, 0.2) is 66.7 Å². The highest BCUT2D eigenvalue weighted by Crippen LogP contribution is 2.15. The molecule has 21 heavy (non-hydrogen) atoms. The smallest absolute Gasteiger partial charge is 0.414 e. The van der Waals surface area contributed by atoms with Gasteiger partial charge in [-0.05, 0) is 24.6 Å². The van der Waals surface area contributed by atoms with Crippen LogP contribution in [0.3, 0.4) is 0 Å². The third-order valence-corrected chi connectivity index (χ3v) is 2.95. The molecule has 0 aromatic heterocycles. The summed E-state index contributed by atoms with van der Waals surface area (Å²) < 4.78 is 5.11. The third-order valence-electron chi connectivity index (χ3n) is 2.95. The molecule has 0 aliphatic carbocycles. The highest BCUT2D eigenvalue weighted by atomic mass is 16.6. The van der Waals surface area contributed by atoms with Crippen molar-refractivity contribution in [2.45, 2.75) is 6.92 Å². The van der Waals surface area contributed by atoms with Crippen LogP contribution in [0.4, 0.5) is 10.5 Å². The summed E-state index contributed by atoms with van der Waals surface area (Å²) in [7, 11) is 0. The maximum atomic E-state index is 12.1. The van der Waals surface area contributed by atoms with Gasteiger partial charge in [0.25, 0.3) is 0 Å². The van der Waals surface area contributed by atoms with Crippen LogP contribution < -0.4 is 4.90 Å². The minimum Gasteiger partial charge on any atom is -0.449 e. The van der Waals surface area contributed by atoms with Crippen molar-refractivity contribution < 1.29 is 9.53 Å². The van der Waals surface area contributed by atoms with Gasteiger partial charge in [-0.1, -0.05) is 60.7 Å². The predicted octanol–water partition coefficient (Wildman–Crippen LogP) is 4.36.